The molecule has 8 heteroatoms. The van der Waals surface area contributed by atoms with E-state index in [9.17, 15) is 4.79 Å². The van der Waals surface area contributed by atoms with E-state index in [-0.39, 0.29) is 5.91 Å². The van der Waals surface area contributed by atoms with E-state index < -0.39 is 6.10 Å². The van der Waals surface area contributed by atoms with Gasteiger partial charge in [0, 0.05) is 13.6 Å². The lowest BCUT2D eigenvalue weighted by atomic mass is 10.0. The lowest BCUT2D eigenvalue weighted by molar-refractivity contribution is -0.132. The van der Waals surface area contributed by atoms with Crippen LogP contribution in [-0.4, -0.2) is 59.0 Å². The fraction of sp³-hybridized carbons (Fsp3) is 0.300. The molecule has 0 aliphatic carbocycles. The first-order valence-electron chi connectivity index (χ1n) is 9.23. The summed E-state index contributed by atoms with van der Waals surface area (Å²) in [6, 6.07) is 18.6. The molecule has 0 spiro atoms. The third kappa shape index (κ3) is 3.86. The molecular weight excluding hydrogens is 356 g/mol. The van der Waals surface area contributed by atoms with Crippen LogP contribution in [0.25, 0.3) is 11.1 Å². The van der Waals surface area contributed by atoms with Gasteiger partial charge in [-0.1, -0.05) is 59.7 Å². The van der Waals surface area contributed by atoms with E-state index in [0.29, 0.717) is 32.2 Å². The highest BCUT2D eigenvalue weighted by molar-refractivity contribution is 5.81. The molecule has 1 aromatic heterocycles. The molecule has 1 atom stereocenters. The van der Waals surface area contributed by atoms with E-state index in [1.807, 2.05) is 23.1 Å². The number of nitrogens with zero attached hydrogens (tertiary/aromatic N) is 5. The highest BCUT2D eigenvalue weighted by Crippen LogP contribution is 2.20. The summed E-state index contributed by atoms with van der Waals surface area (Å²) in [7, 11) is 1.60. The van der Waals surface area contributed by atoms with Crippen molar-refractivity contribution in [1.29, 1.82) is 0 Å². The molecule has 0 radical (unpaired) electrons. The van der Waals surface area contributed by atoms with Crippen molar-refractivity contribution < 1.29 is 9.53 Å². The topological polar surface area (TPSA) is 85.2 Å². The zero-order chi connectivity index (χ0) is 19.3. The number of likely N-dealkylation sites (N-methyl/N-ethyl adjacent to an activating group) is 1. The summed E-state index contributed by atoms with van der Waals surface area (Å²) >= 11 is 0. The van der Waals surface area contributed by atoms with Crippen LogP contribution in [0.15, 0.2) is 54.6 Å². The van der Waals surface area contributed by atoms with E-state index in [2.05, 4.69) is 57.2 Å². The first-order chi connectivity index (χ1) is 13.7. The van der Waals surface area contributed by atoms with Gasteiger partial charge < -0.3 is 15.0 Å². The summed E-state index contributed by atoms with van der Waals surface area (Å²) in [4.78, 5) is 13.9. The maximum absolute atomic E-state index is 11.9. The molecule has 4 rings (SSSR count). The van der Waals surface area contributed by atoms with E-state index in [4.69, 9.17) is 4.74 Å². The van der Waals surface area contributed by atoms with Crippen molar-refractivity contribution in [3.05, 3.63) is 60.2 Å². The second-order valence-corrected chi connectivity index (χ2v) is 6.62. The Labute approximate surface area is 163 Å². The van der Waals surface area contributed by atoms with Gasteiger partial charge in [-0.05, 0) is 27.1 Å². The summed E-state index contributed by atoms with van der Waals surface area (Å²) in [6.45, 7) is 2.07. The third-order valence-corrected chi connectivity index (χ3v) is 4.79. The van der Waals surface area contributed by atoms with E-state index in [1.54, 1.807) is 11.7 Å². The van der Waals surface area contributed by atoms with Crippen LogP contribution >= 0.6 is 0 Å². The van der Waals surface area contributed by atoms with Gasteiger partial charge in [0.1, 0.15) is 0 Å². The molecule has 1 amide bonds. The summed E-state index contributed by atoms with van der Waals surface area (Å²) in [5.74, 6) is 0.504. The molecule has 3 aromatic rings. The van der Waals surface area contributed by atoms with Crippen molar-refractivity contribution in [2.45, 2.75) is 12.6 Å². The standard InChI is InChI=1S/C20H22N6O2/c1-21-19(27)18-14-25(11-12-28-18)20-22-23-24-26(20)13-15-7-9-17(10-8-15)16-5-3-2-4-6-16/h2-10,18H,11-14H2,1H3,(H,21,27). The molecule has 1 fully saturated rings. The van der Waals surface area contributed by atoms with Crippen LogP contribution in [0.2, 0.25) is 0 Å². The maximum atomic E-state index is 11.9. The van der Waals surface area contributed by atoms with Crippen LogP contribution in [0.4, 0.5) is 5.95 Å². The molecular formula is C20H22N6O2. The molecule has 144 valence electrons. The van der Waals surface area contributed by atoms with E-state index >= 15 is 0 Å². The van der Waals surface area contributed by atoms with E-state index in [1.165, 1.54) is 11.1 Å². The number of carbonyl (C=O) groups excluding carboxylic acids is 1. The molecule has 1 unspecified atom stereocenters. The van der Waals surface area contributed by atoms with Gasteiger partial charge in [0.2, 0.25) is 5.95 Å². The van der Waals surface area contributed by atoms with Gasteiger partial charge in [0.15, 0.2) is 6.10 Å². The number of carbonyl (C=O) groups is 1. The number of morpholine rings is 1. The Bertz CT molecular complexity index is 925. The second-order valence-electron chi connectivity index (χ2n) is 6.62. The number of aromatic nitrogens is 4. The van der Waals surface area contributed by atoms with E-state index in [0.717, 1.165) is 5.56 Å². The van der Waals surface area contributed by atoms with Crippen LogP contribution in [0.3, 0.4) is 0 Å². The Balaban J connectivity index is 1.48. The Morgan fingerprint density at radius 1 is 1.14 bits per heavy atom. The van der Waals surface area contributed by atoms with Gasteiger partial charge in [-0.2, -0.15) is 0 Å². The van der Waals surface area contributed by atoms with Crippen molar-refractivity contribution in [2.24, 2.45) is 0 Å². The van der Waals surface area contributed by atoms with Gasteiger partial charge in [0.05, 0.1) is 19.7 Å². The number of benzene rings is 2. The summed E-state index contributed by atoms with van der Waals surface area (Å²) < 4.78 is 7.29. The Morgan fingerprint density at radius 2 is 1.89 bits per heavy atom. The Hall–Kier alpha value is -3.26. The molecule has 1 aliphatic heterocycles. The monoisotopic (exact) mass is 378 g/mol. The number of nitrogens with one attached hydrogen (secondary N) is 1. The molecule has 0 saturated carbocycles. The fourth-order valence-corrected chi connectivity index (χ4v) is 3.29. The number of tetrazole rings is 1. The van der Waals surface area contributed by atoms with Crippen LogP contribution in [0.5, 0.6) is 0 Å². The van der Waals surface area contributed by atoms with Crippen molar-refractivity contribution in [2.75, 3.05) is 31.6 Å². The summed E-state index contributed by atoms with van der Waals surface area (Å²) in [5.41, 5.74) is 3.46. The highest BCUT2D eigenvalue weighted by atomic mass is 16.5. The average molecular weight is 378 g/mol. The van der Waals surface area contributed by atoms with Gasteiger partial charge in [-0.25, -0.2) is 4.68 Å². The van der Waals surface area contributed by atoms with Gasteiger partial charge in [-0.15, -0.1) is 0 Å². The Kier molecular flexibility index (Phi) is 5.29. The molecule has 1 N–H and O–H groups in total. The quantitative estimate of drug-likeness (QED) is 0.721. The first kappa shape index (κ1) is 18.1. The minimum absolute atomic E-state index is 0.139. The second kappa shape index (κ2) is 8.18. The predicted octanol–water partition coefficient (Wildman–Crippen LogP) is 1.34. The number of hydrogen-bond donors (Lipinski definition) is 1. The van der Waals surface area contributed by atoms with Crippen molar-refractivity contribution in [3.63, 3.8) is 0 Å². The number of anilines is 1. The van der Waals surface area contributed by atoms with Crippen LogP contribution in [0, 0.1) is 0 Å². The van der Waals surface area contributed by atoms with Crippen LogP contribution < -0.4 is 10.2 Å². The number of ether oxygens (including phenoxy) is 1. The number of hydrogen-bond acceptors (Lipinski definition) is 6. The van der Waals surface area contributed by atoms with Gasteiger partial charge >= 0.3 is 0 Å². The molecule has 1 saturated heterocycles. The SMILES string of the molecule is CNC(=O)C1CN(c2nnnn2Cc2ccc(-c3ccccc3)cc2)CCO1. The van der Waals surface area contributed by atoms with Gasteiger partial charge in [-0.3, -0.25) is 4.79 Å². The molecule has 1 aliphatic rings. The summed E-state index contributed by atoms with van der Waals surface area (Å²) in [6.07, 6.45) is -0.519. The lowest BCUT2D eigenvalue weighted by Gasteiger charge is -2.32. The molecule has 8 nitrogen and oxygen atoms in total. The highest BCUT2D eigenvalue weighted by Gasteiger charge is 2.28. The minimum Gasteiger partial charge on any atom is -0.365 e. The van der Waals surface area contributed by atoms with Gasteiger partial charge in [0.25, 0.3) is 5.91 Å². The molecule has 28 heavy (non-hydrogen) atoms. The van der Waals surface area contributed by atoms with Crippen molar-refractivity contribution >= 4 is 11.9 Å². The van der Waals surface area contributed by atoms with Crippen LogP contribution in [0.1, 0.15) is 5.56 Å². The number of amides is 1. The average Bonchev–Trinajstić information content (AvgIpc) is 3.22. The normalized spacial score (nSPS) is 16.8. The smallest absolute Gasteiger partial charge is 0.250 e. The van der Waals surface area contributed by atoms with Crippen LogP contribution in [-0.2, 0) is 16.1 Å². The largest absolute Gasteiger partial charge is 0.365 e. The zero-order valence-corrected chi connectivity index (χ0v) is 15.7. The van der Waals surface area contributed by atoms with Crippen molar-refractivity contribution in [1.82, 2.24) is 25.5 Å². The molecule has 0 bridgehead atoms. The Morgan fingerprint density at radius 3 is 2.64 bits per heavy atom. The molecule has 2 aromatic carbocycles. The summed E-state index contributed by atoms with van der Waals surface area (Å²) in [5, 5.41) is 14.7. The number of rotatable bonds is 5. The zero-order valence-electron chi connectivity index (χ0n) is 15.7. The first-order valence-corrected chi connectivity index (χ1v) is 9.23. The molecule has 2 heterocycles. The predicted molar refractivity (Wildman–Crippen MR) is 105 cm³/mol. The fourth-order valence-electron chi connectivity index (χ4n) is 3.29. The third-order valence-electron chi connectivity index (χ3n) is 4.79. The maximum Gasteiger partial charge on any atom is 0.250 e. The minimum atomic E-state index is -0.519. The lowest BCUT2D eigenvalue weighted by Crippen LogP contribution is -2.50. The van der Waals surface area contributed by atoms with Crippen molar-refractivity contribution in [3.8, 4) is 11.1 Å².